The number of piperidine rings is 2. The Bertz CT molecular complexity index is 374. The van der Waals surface area contributed by atoms with Gasteiger partial charge in [0.15, 0.2) is 0 Å². The molecule has 0 spiro atoms. The molecule has 0 radical (unpaired) electrons. The van der Waals surface area contributed by atoms with Crippen LogP contribution in [0.3, 0.4) is 0 Å². The van der Waals surface area contributed by atoms with Crippen LogP contribution in [0.15, 0.2) is 0 Å². The van der Waals surface area contributed by atoms with Crippen LogP contribution >= 0.6 is 0 Å². The largest absolute Gasteiger partial charge is 0.481 e. The van der Waals surface area contributed by atoms with Crippen LogP contribution in [0.2, 0.25) is 0 Å². The molecular weight excluding hydrogens is 270 g/mol. The summed E-state index contributed by atoms with van der Waals surface area (Å²) in [6.45, 7) is 2.01. The number of nitrogens with one attached hydrogen (secondary N) is 2. The zero-order chi connectivity index (χ0) is 15.4. The van der Waals surface area contributed by atoms with Crippen molar-refractivity contribution in [3.05, 3.63) is 0 Å². The fraction of sp³-hybridized carbons (Fsp3) is 0.867. The van der Waals surface area contributed by atoms with E-state index in [1.807, 2.05) is 6.92 Å². The molecule has 2 amide bonds. The molecule has 6 nitrogen and oxygen atoms in total. The summed E-state index contributed by atoms with van der Waals surface area (Å²) in [4.78, 5) is 25.3. The molecular formula is C15H27N3O3. The van der Waals surface area contributed by atoms with Gasteiger partial charge in [-0.1, -0.05) is 13.3 Å². The zero-order valence-electron chi connectivity index (χ0n) is 13.0. The van der Waals surface area contributed by atoms with Crippen LogP contribution in [0.25, 0.3) is 0 Å². The second-order valence-corrected chi connectivity index (χ2v) is 6.37. The molecule has 3 unspecified atom stereocenters. The summed E-state index contributed by atoms with van der Waals surface area (Å²) < 4.78 is 0. The molecule has 2 aliphatic heterocycles. The molecule has 2 rings (SSSR count). The van der Waals surface area contributed by atoms with Gasteiger partial charge in [-0.2, -0.15) is 0 Å². The molecule has 21 heavy (non-hydrogen) atoms. The van der Waals surface area contributed by atoms with Crippen LogP contribution in [-0.4, -0.2) is 53.7 Å². The molecule has 0 aliphatic carbocycles. The molecule has 2 heterocycles. The van der Waals surface area contributed by atoms with Crippen LogP contribution < -0.4 is 10.6 Å². The lowest BCUT2D eigenvalue weighted by molar-refractivity contribution is -0.141. The van der Waals surface area contributed by atoms with E-state index in [1.165, 1.54) is 19.3 Å². The number of hydrogen-bond donors (Lipinski definition) is 3. The summed E-state index contributed by atoms with van der Waals surface area (Å²) in [6.07, 6.45) is 6.23. The maximum absolute atomic E-state index is 11.9. The van der Waals surface area contributed by atoms with E-state index in [4.69, 9.17) is 5.11 Å². The van der Waals surface area contributed by atoms with Crippen molar-refractivity contribution in [1.29, 1.82) is 0 Å². The number of aliphatic carboxylic acids is 1. The summed E-state index contributed by atoms with van der Waals surface area (Å²) in [6, 6.07) is 1.12. The Morgan fingerprint density at radius 3 is 2.43 bits per heavy atom. The van der Waals surface area contributed by atoms with Gasteiger partial charge in [0, 0.05) is 24.7 Å². The normalized spacial score (nSPS) is 30.5. The summed E-state index contributed by atoms with van der Waals surface area (Å²) in [5.74, 6) is -1.36. The third-order valence-corrected chi connectivity index (χ3v) is 5.03. The minimum absolute atomic E-state index is 0.192. The molecule has 0 aromatic carbocycles. The van der Waals surface area contributed by atoms with Gasteiger partial charge in [0.25, 0.3) is 0 Å². The van der Waals surface area contributed by atoms with Gasteiger partial charge in [-0.05, 0) is 39.2 Å². The highest BCUT2D eigenvalue weighted by atomic mass is 16.4. The Morgan fingerprint density at radius 2 is 1.90 bits per heavy atom. The average Bonchev–Trinajstić information content (AvgIpc) is 2.40. The van der Waals surface area contributed by atoms with E-state index < -0.39 is 11.9 Å². The minimum atomic E-state index is -0.855. The topological polar surface area (TPSA) is 81.7 Å². The van der Waals surface area contributed by atoms with Gasteiger partial charge in [-0.15, -0.1) is 0 Å². The molecule has 0 aromatic heterocycles. The third-order valence-electron chi connectivity index (χ3n) is 5.03. The molecule has 2 fully saturated rings. The van der Waals surface area contributed by atoms with Crippen LogP contribution in [0.1, 0.15) is 45.4 Å². The number of hydrogen-bond acceptors (Lipinski definition) is 3. The second-order valence-electron chi connectivity index (χ2n) is 6.37. The quantitative estimate of drug-likeness (QED) is 0.716. The first kappa shape index (κ1) is 16.1. The fourth-order valence-corrected chi connectivity index (χ4v) is 3.59. The number of carboxylic acids is 1. The molecule has 0 aromatic rings. The highest BCUT2D eigenvalue weighted by Crippen LogP contribution is 2.32. The minimum Gasteiger partial charge on any atom is -0.481 e. The lowest BCUT2D eigenvalue weighted by Gasteiger charge is -2.47. The number of fused-ring (bicyclic) bond motifs is 2. The van der Waals surface area contributed by atoms with E-state index >= 15 is 0 Å². The molecule has 2 saturated heterocycles. The number of amides is 2. The number of urea groups is 1. The Morgan fingerprint density at radius 1 is 1.29 bits per heavy atom. The van der Waals surface area contributed by atoms with Crippen molar-refractivity contribution in [2.24, 2.45) is 5.92 Å². The molecule has 2 aliphatic rings. The lowest BCUT2D eigenvalue weighted by atomic mass is 9.82. The van der Waals surface area contributed by atoms with Crippen LogP contribution in [0, 0.1) is 5.92 Å². The van der Waals surface area contributed by atoms with E-state index in [0.717, 1.165) is 12.8 Å². The Labute approximate surface area is 126 Å². The average molecular weight is 297 g/mol. The van der Waals surface area contributed by atoms with Crippen LogP contribution in [-0.2, 0) is 4.79 Å². The van der Waals surface area contributed by atoms with E-state index in [9.17, 15) is 9.59 Å². The second kappa shape index (κ2) is 7.11. The molecule has 6 heteroatoms. The Kier molecular flexibility index (Phi) is 5.45. The molecule has 0 saturated carbocycles. The van der Waals surface area contributed by atoms with Gasteiger partial charge in [0.2, 0.25) is 0 Å². The first-order valence-electron chi connectivity index (χ1n) is 8.00. The van der Waals surface area contributed by atoms with Gasteiger partial charge < -0.3 is 20.6 Å². The molecule has 120 valence electrons. The maximum Gasteiger partial charge on any atom is 0.315 e. The van der Waals surface area contributed by atoms with Crippen molar-refractivity contribution in [2.45, 2.75) is 63.6 Å². The van der Waals surface area contributed by atoms with Gasteiger partial charge in [0.05, 0.1) is 5.92 Å². The number of carbonyl (C=O) groups is 2. The number of carboxylic acid groups (broad SMARTS) is 1. The van der Waals surface area contributed by atoms with Crippen molar-refractivity contribution in [1.82, 2.24) is 15.5 Å². The molecule has 2 bridgehead atoms. The van der Waals surface area contributed by atoms with E-state index in [2.05, 4.69) is 22.6 Å². The van der Waals surface area contributed by atoms with E-state index in [-0.39, 0.29) is 18.6 Å². The van der Waals surface area contributed by atoms with E-state index in [0.29, 0.717) is 18.5 Å². The summed E-state index contributed by atoms with van der Waals surface area (Å²) in [7, 11) is 2.18. The SMILES string of the molecule is CCC(CNC(=O)NC1CC2CCCC(C1)N2C)C(=O)O. The number of rotatable bonds is 5. The standard InChI is InChI=1S/C15H27N3O3/c1-3-10(14(19)20)9-16-15(21)17-11-7-12-5-4-6-13(8-11)18(12)2/h10-13H,3-9H2,1-2H3,(H,19,20)(H2,16,17,21). The van der Waals surface area contributed by atoms with Gasteiger partial charge in [0.1, 0.15) is 0 Å². The number of nitrogens with zero attached hydrogens (tertiary/aromatic N) is 1. The zero-order valence-corrected chi connectivity index (χ0v) is 13.0. The van der Waals surface area contributed by atoms with Gasteiger partial charge in [-0.25, -0.2) is 4.79 Å². The first-order chi connectivity index (χ1) is 10.0. The van der Waals surface area contributed by atoms with Gasteiger partial charge >= 0.3 is 12.0 Å². The number of carbonyl (C=O) groups excluding carboxylic acids is 1. The van der Waals surface area contributed by atoms with Crippen LogP contribution in [0.5, 0.6) is 0 Å². The molecule has 3 N–H and O–H groups in total. The highest BCUT2D eigenvalue weighted by Gasteiger charge is 2.36. The lowest BCUT2D eigenvalue weighted by Crippen LogP contribution is -2.56. The van der Waals surface area contributed by atoms with Crippen molar-refractivity contribution < 1.29 is 14.7 Å². The fourth-order valence-electron chi connectivity index (χ4n) is 3.59. The van der Waals surface area contributed by atoms with Crippen molar-refractivity contribution >= 4 is 12.0 Å². The Balaban J connectivity index is 1.77. The Hall–Kier alpha value is -1.30. The monoisotopic (exact) mass is 297 g/mol. The first-order valence-corrected chi connectivity index (χ1v) is 8.00. The maximum atomic E-state index is 11.9. The van der Waals surface area contributed by atoms with Gasteiger partial charge in [-0.3, -0.25) is 4.79 Å². The third kappa shape index (κ3) is 4.09. The van der Waals surface area contributed by atoms with Crippen LogP contribution in [0.4, 0.5) is 4.79 Å². The van der Waals surface area contributed by atoms with Crippen molar-refractivity contribution in [3.63, 3.8) is 0 Å². The predicted octanol–water partition coefficient (Wildman–Crippen LogP) is 1.41. The summed E-state index contributed by atoms with van der Waals surface area (Å²) >= 11 is 0. The highest BCUT2D eigenvalue weighted by molar-refractivity contribution is 5.76. The van der Waals surface area contributed by atoms with Crippen molar-refractivity contribution in [3.8, 4) is 0 Å². The van der Waals surface area contributed by atoms with E-state index in [1.54, 1.807) is 0 Å². The van der Waals surface area contributed by atoms with Crippen molar-refractivity contribution in [2.75, 3.05) is 13.6 Å². The summed E-state index contributed by atoms with van der Waals surface area (Å²) in [5.41, 5.74) is 0. The predicted molar refractivity (Wildman–Crippen MR) is 80.2 cm³/mol. The summed E-state index contributed by atoms with van der Waals surface area (Å²) in [5, 5.41) is 14.7. The molecule has 3 atom stereocenters. The smallest absolute Gasteiger partial charge is 0.315 e.